The van der Waals surface area contributed by atoms with Gasteiger partial charge in [-0.2, -0.15) is 0 Å². The number of benzene rings is 1. The first kappa shape index (κ1) is 20.9. The molecule has 2 aliphatic carbocycles. The van der Waals surface area contributed by atoms with Crippen LogP contribution in [0.15, 0.2) is 77.4 Å². The van der Waals surface area contributed by atoms with Crippen molar-refractivity contribution >= 4 is 17.4 Å². The summed E-state index contributed by atoms with van der Waals surface area (Å²) < 4.78 is 6.19. The van der Waals surface area contributed by atoms with E-state index in [1.54, 1.807) is 24.1 Å². The van der Waals surface area contributed by atoms with Crippen molar-refractivity contribution in [2.24, 2.45) is 0 Å². The Morgan fingerprint density at radius 1 is 1.06 bits per heavy atom. The van der Waals surface area contributed by atoms with Crippen LogP contribution in [-0.4, -0.2) is 30.8 Å². The van der Waals surface area contributed by atoms with E-state index in [9.17, 15) is 9.59 Å². The molecule has 0 atom stereocenters. The zero-order valence-corrected chi connectivity index (χ0v) is 18.1. The number of ether oxygens (including phenoxy) is 1. The molecule has 160 valence electrons. The Kier molecular flexibility index (Phi) is 6.21. The quantitative estimate of drug-likeness (QED) is 0.697. The molecule has 1 aromatic carbocycles. The van der Waals surface area contributed by atoms with Gasteiger partial charge in [0.1, 0.15) is 5.76 Å². The fraction of sp³-hybridized carbons (Fsp3) is 0.308. The van der Waals surface area contributed by atoms with E-state index in [-0.39, 0.29) is 11.8 Å². The second kappa shape index (κ2) is 9.21. The molecule has 0 bridgehead atoms. The van der Waals surface area contributed by atoms with Crippen LogP contribution in [-0.2, 0) is 9.53 Å². The first-order valence-electron chi connectivity index (χ1n) is 10.9. The number of nitrogens with one attached hydrogen (secondary N) is 1. The van der Waals surface area contributed by atoms with Gasteiger partial charge in [-0.1, -0.05) is 42.0 Å². The van der Waals surface area contributed by atoms with Gasteiger partial charge in [-0.25, -0.2) is 0 Å². The van der Waals surface area contributed by atoms with Gasteiger partial charge in [0.15, 0.2) is 5.76 Å². The lowest BCUT2D eigenvalue weighted by Crippen LogP contribution is -2.34. The first-order valence-corrected chi connectivity index (χ1v) is 10.9. The Hall–Kier alpha value is -3.34. The minimum absolute atomic E-state index is 0.118. The van der Waals surface area contributed by atoms with Crippen molar-refractivity contribution in [2.45, 2.75) is 38.5 Å². The number of hydrogen-bond acceptors (Lipinski definition) is 3. The molecule has 5 nitrogen and oxygen atoms in total. The summed E-state index contributed by atoms with van der Waals surface area (Å²) in [7, 11) is 3.43. The topological polar surface area (TPSA) is 58.6 Å². The van der Waals surface area contributed by atoms with Crippen LogP contribution < -0.4 is 5.32 Å². The summed E-state index contributed by atoms with van der Waals surface area (Å²) >= 11 is 0. The number of likely N-dealkylation sites (N-methyl/N-ethyl adjacent to an activating group) is 1. The molecular formula is C26H28N2O3. The van der Waals surface area contributed by atoms with Gasteiger partial charge in [-0.3, -0.25) is 9.59 Å². The van der Waals surface area contributed by atoms with Gasteiger partial charge in [0.2, 0.25) is 0 Å². The summed E-state index contributed by atoms with van der Waals surface area (Å²) in [6.07, 6.45) is 16.0. The van der Waals surface area contributed by atoms with Gasteiger partial charge >= 0.3 is 0 Å². The van der Waals surface area contributed by atoms with E-state index in [0.717, 1.165) is 54.7 Å². The summed E-state index contributed by atoms with van der Waals surface area (Å²) in [6.45, 7) is 0. The molecule has 0 radical (unpaired) electrons. The molecule has 0 saturated heterocycles. The van der Waals surface area contributed by atoms with Crippen molar-refractivity contribution in [1.29, 1.82) is 0 Å². The van der Waals surface area contributed by atoms with Crippen molar-refractivity contribution in [3.8, 4) is 0 Å². The number of carbonyl (C=O) groups is 2. The van der Waals surface area contributed by atoms with Crippen LogP contribution in [0, 0.1) is 0 Å². The van der Waals surface area contributed by atoms with Crippen molar-refractivity contribution in [1.82, 2.24) is 10.2 Å². The van der Waals surface area contributed by atoms with E-state index in [4.69, 9.17) is 4.74 Å². The molecule has 3 aliphatic rings. The summed E-state index contributed by atoms with van der Waals surface area (Å²) in [5, 5.41) is 2.64. The third kappa shape index (κ3) is 4.41. The average molecular weight is 417 g/mol. The summed E-state index contributed by atoms with van der Waals surface area (Å²) in [5.74, 6) is 0.873. The third-order valence-electron chi connectivity index (χ3n) is 5.95. The van der Waals surface area contributed by atoms with Crippen molar-refractivity contribution in [2.75, 3.05) is 14.1 Å². The summed E-state index contributed by atoms with van der Waals surface area (Å²) in [4.78, 5) is 26.9. The molecule has 0 aromatic heterocycles. The molecule has 2 amide bonds. The highest BCUT2D eigenvalue weighted by molar-refractivity contribution is 6.01. The zero-order valence-electron chi connectivity index (χ0n) is 18.1. The SMILES string of the molecule is CNC(=O)c1ccc(/C(CCC2=CCCC=C2)=C2\OC3=C(CCC=C3)N(C)C2=O)cc1. The predicted octanol–water partition coefficient (Wildman–Crippen LogP) is 4.86. The van der Waals surface area contributed by atoms with Gasteiger partial charge in [-0.15, -0.1) is 0 Å². The van der Waals surface area contributed by atoms with Crippen LogP contribution in [0.25, 0.3) is 5.57 Å². The standard InChI is InChI=1S/C26H28N2O3/c1-27-25(29)20-15-13-19(14-16-20)21(17-12-18-8-4-3-5-9-18)24-26(30)28(2)22-10-6-7-11-23(22)31-24/h4,7-9,11,13-16H,3,5-6,10,12,17H2,1-2H3,(H,27,29)/b24-21-. The van der Waals surface area contributed by atoms with Gasteiger partial charge in [0, 0.05) is 25.2 Å². The zero-order chi connectivity index (χ0) is 21.8. The third-order valence-corrected chi connectivity index (χ3v) is 5.95. The average Bonchev–Trinajstić information content (AvgIpc) is 2.82. The van der Waals surface area contributed by atoms with Gasteiger partial charge in [0.05, 0.1) is 5.70 Å². The van der Waals surface area contributed by atoms with Crippen LogP contribution in [0.5, 0.6) is 0 Å². The molecule has 0 unspecified atom stereocenters. The fourth-order valence-corrected chi connectivity index (χ4v) is 4.15. The molecule has 5 heteroatoms. The van der Waals surface area contributed by atoms with Gasteiger partial charge in [0.25, 0.3) is 11.8 Å². The number of carbonyl (C=O) groups excluding carboxylic acids is 2. The molecule has 1 aliphatic heterocycles. The van der Waals surface area contributed by atoms with Crippen molar-refractivity contribution < 1.29 is 14.3 Å². The highest BCUT2D eigenvalue weighted by atomic mass is 16.5. The number of hydrogen-bond donors (Lipinski definition) is 1. The van der Waals surface area contributed by atoms with Crippen LogP contribution in [0.4, 0.5) is 0 Å². The Morgan fingerprint density at radius 2 is 1.81 bits per heavy atom. The lowest BCUT2D eigenvalue weighted by Gasteiger charge is -2.32. The van der Waals surface area contributed by atoms with Gasteiger partial charge < -0.3 is 15.0 Å². The molecule has 1 heterocycles. The Bertz CT molecular complexity index is 1040. The largest absolute Gasteiger partial charge is 0.449 e. The van der Waals surface area contributed by atoms with Crippen LogP contribution in [0.3, 0.4) is 0 Å². The van der Waals surface area contributed by atoms with E-state index in [0.29, 0.717) is 17.7 Å². The minimum atomic E-state index is -0.134. The summed E-state index contributed by atoms with van der Waals surface area (Å²) in [5.41, 5.74) is 4.56. The normalized spacial score (nSPS) is 19.6. The number of rotatable bonds is 5. The first-order chi connectivity index (χ1) is 15.1. The molecule has 4 rings (SSSR count). The Morgan fingerprint density at radius 3 is 2.52 bits per heavy atom. The van der Waals surface area contributed by atoms with Crippen LogP contribution in [0.1, 0.15) is 54.4 Å². The second-order valence-corrected chi connectivity index (χ2v) is 7.94. The predicted molar refractivity (Wildman–Crippen MR) is 122 cm³/mol. The molecule has 1 N–H and O–H groups in total. The maximum absolute atomic E-state index is 13.3. The van der Waals surface area contributed by atoms with E-state index >= 15 is 0 Å². The minimum Gasteiger partial charge on any atom is -0.449 e. The highest BCUT2D eigenvalue weighted by Crippen LogP contribution is 2.36. The molecule has 31 heavy (non-hydrogen) atoms. The Balaban J connectivity index is 1.72. The second-order valence-electron chi connectivity index (χ2n) is 7.94. The van der Waals surface area contributed by atoms with E-state index in [1.165, 1.54) is 5.57 Å². The lowest BCUT2D eigenvalue weighted by molar-refractivity contribution is -0.128. The molecular weight excluding hydrogens is 388 g/mol. The molecule has 0 fully saturated rings. The molecule has 1 aromatic rings. The summed E-state index contributed by atoms with van der Waals surface area (Å²) in [6, 6.07) is 7.37. The number of amides is 2. The van der Waals surface area contributed by atoms with E-state index in [2.05, 4.69) is 29.6 Å². The van der Waals surface area contributed by atoms with Crippen LogP contribution in [0.2, 0.25) is 0 Å². The lowest BCUT2D eigenvalue weighted by atomic mass is 9.93. The van der Waals surface area contributed by atoms with E-state index < -0.39 is 0 Å². The number of nitrogens with zero attached hydrogens (tertiary/aromatic N) is 1. The monoisotopic (exact) mass is 416 g/mol. The number of allylic oxidation sites excluding steroid dienone is 8. The van der Waals surface area contributed by atoms with Crippen LogP contribution >= 0.6 is 0 Å². The smallest absolute Gasteiger partial charge is 0.293 e. The van der Waals surface area contributed by atoms with E-state index in [1.807, 2.05) is 25.3 Å². The Labute approximate surface area is 183 Å². The maximum Gasteiger partial charge on any atom is 0.293 e. The molecule has 0 saturated carbocycles. The van der Waals surface area contributed by atoms with Crippen molar-refractivity contribution in [3.05, 3.63) is 88.6 Å². The highest BCUT2D eigenvalue weighted by Gasteiger charge is 2.32. The fourth-order valence-electron chi connectivity index (χ4n) is 4.15. The van der Waals surface area contributed by atoms with Crippen molar-refractivity contribution in [3.63, 3.8) is 0 Å². The van der Waals surface area contributed by atoms with Gasteiger partial charge in [-0.05, 0) is 62.3 Å². The maximum atomic E-state index is 13.3. The molecule has 0 spiro atoms.